The van der Waals surface area contributed by atoms with E-state index in [1.165, 1.54) is 38.9 Å². The number of carbonyl (C=O) groups excluding carboxylic acids is 5. The molecule has 0 saturated carbocycles. The van der Waals surface area contributed by atoms with Crippen molar-refractivity contribution in [3.8, 4) is 0 Å². The average Bonchev–Trinajstić information content (AvgIpc) is 3.72. The minimum Gasteiger partial charge on any atom is -0.481 e. The van der Waals surface area contributed by atoms with E-state index in [4.69, 9.17) is 9.57 Å². The Kier molecular flexibility index (Phi) is 11.2. The van der Waals surface area contributed by atoms with Crippen molar-refractivity contribution in [2.24, 2.45) is 17.6 Å². The number of thiazole rings is 1. The first kappa shape index (κ1) is 37.2. The number of amides is 4. The number of nitrogens with zero attached hydrogens (tertiary/aromatic N) is 7. The van der Waals surface area contributed by atoms with Gasteiger partial charge in [-0.05, 0) is 43.3 Å². The first-order chi connectivity index (χ1) is 24.2. The first-order valence-corrected chi connectivity index (χ1v) is 17.9. The molecule has 3 atom stereocenters. The zero-order chi connectivity index (χ0) is 36.9. The van der Waals surface area contributed by atoms with Crippen molar-refractivity contribution in [1.82, 2.24) is 35.4 Å². The van der Waals surface area contributed by atoms with Crippen LogP contribution in [0.25, 0.3) is 0 Å². The van der Waals surface area contributed by atoms with Crippen LogP contribution in [-0.2, 0) is 40.6 Å². The third-order valence-electron chi connectivity index (χ3n) is 7.26. The lowest BCUT2D eigenvalue weighted by atomic mass is 9.89. The number of β-lactam (4-membered cyclic amide) rings is 1. The molecule has 2 unspecified atom stereocenters. The van der Waals surface area contributed by atoms with E-state index in [0.29, 0.717) is 11.6 Å². The molecule has 0 radical (unpaired) electrons. The summed E-state index contributed by atoms with van der Waals surface area (Å²) in [5, 5.41) is 34.1. The summed E-state index contributed by atoms with van der Waals surface area (Å²) in [5.74, 6) is -3.56. The number of nitrogens with one attached hydrogen (secondary N) is 3. The number of benzene rings is 1. The minimum atomic E-state index is -1.29. The Hall–Kier alpha value is -5.09. The molecule has 2 aliphatic heterocycles. The molecule has 2 aliphatic rings. The predicted octanol–water partition coefficient (Wildman–Crippen LogP) is 0.813. The Labute approximate surface area is 302 Å². The molecule has 0 spiro atoms. The van der Waals surface area contributed by atoms with E-state index < -0.39 is 64.4 Å². The Balaban J connectivity index is 1.25. The van der Waals surface area contributed by atoms with E-state index in [0.717, 1.165) is 23.1 Å². The summed E-state index contributed by atoms with van der Waals surface area (Å²) in [6.07, 6.45) is 0.400. The molecule has 0 bridgehead atoms. The van der Waals surface area contributed by atoms with E-state index in [-0.39, 0.29) is 40.1 Å². The molecule has 2 saturated heterocycles. The number of carboxylic acids is 1. The molecule has 4 N–H and O–H groups in total. The lowest BCUT2D eigenvalue weighted by molar-refractivity contribution is -0.157. The van der Waals surface area contributed by atoms with E-state index in [9.17, 15) is 33.9 Å². The second-order valence-electron chi connectivity index (χ2n) is 12.2. The maximum Gasteiger partial charge on any atom is 0.340 e. The third kappa shape index (κ3) is 8.63. The maximum absolute atomic E-state index is 13.5. The number of para-hydroxylation sites is 1. The summed E-state index contributed by atoms with van der Waals surface area (Å²) >= 11 is 3.36. The van der Waals surface area contributed by atoms with E-state index in [1.807, 2.05) is 0 Å². The minimum absolute atomic E-state index is 0.0161. The molecule has 5 rings (SSSR count). The molecule has 270 valence electrons. The predicted molar refractivity (Wildman–Crippen MR) is 184 cm³/mol. The number of aromatic nitrogens is 5. The summed E-state index contributed by atoms with van der Waals surface area (Å²) in [4.78, 5) is 86.3. The van der Waals surface area contributed by atoms with Gasteiger partial charge in [-0.3, -0.25) is 24.0 Å². The average molecular weight is 761 g/mol. The quantitative estimate of drug-likeness (QED) is 0.0443. The van der Waals surface area contributed by atoms with Gasteiger partial charge >= 0.3 is 11.9 Å². The van der Waals surface area contributed by atoms with Crippen LogP contribution in [0.15, 0.2) is 40.0 Å². The fraction of sp³-hybridized carbons (Fsp3) is 0.414. The molecular weight excluding hydrogens is 729 g/mol. The molecule has 22 heteroatoms. The second kappa shape index (κ2) is 15.4. The van der Waals surface area contributed by atoms with Crippen molar-refractivity contribution >= 4 is 87.5 Å². The normalized spacial score (nSPS) is 20.0. The van der Waals surface area contributed by atoms with Gasteiger partial charge in [-0.25, -0.2) is 14.5 Å². The molecule has 3 aromatic rings. The number of ether oxygens (including phenoxy) is 1. The van der Waals surface area contributed by atoms with Crippen LogP contribution in [0.5, 0.6) is 0 Å². The van der Waals surface area contributed by atoms with Crippen molar-refractivity contribution in [2.75, 3.05) is 35.3 Å². The van der Waals surface area contributed by atoms with Crippen molar-refractivity contribution in [3.05, 3.63) is 40.9 Å². The van der Waals surface area contributed by atoms with Crippen LogP contribution in [0.3, 0.4) is 0 Å². The fourth-order valence-electron chi connectivity index (χ4n) is 4.81. The molecule has 1 aromatic carbocycles. The van der Waals surface area contributed by atoms with Gasteiger partial charge in [0.1, 0.15) is 28.1 Å². The van der Waals surface area contributed by atoms with Crippen LogP contribution in [0.2, 0.25) is 0 Å². The number of carboxylic acid groups (broad SMARTS) is 1. The number of hydrogen-bond donors (Lipinski definition) is 4. The smallest absolute Gasteiger partial charge is 0.340 e. The summed E-state index contributed by atoms with van der Waals surface area (Å²) in [5.41, 5.74) is -2.19. The monoisotopic (exact) mass is 760 g/mol. The largest absolute Gasteiger partial charge is 0.481 e. The van der Waals surface area contributed by atoms with Gasteiger partial charge in [-0.2, -0.15) is 0 Å². The number of oxime groups is 1. The molecule has 2 fully saturated rings. The number of fused-ring (bicyclic) bond motifs is 1. The number of esters is 1. The standard InChI is InChI=1S/C29H32N10O9S3/c1-28(2,3)48-24(44)15-7-5-6-8-16(15)31-18(41)9-47-35-19(17-10-49-26(32-17)30-14-40)21(42)33-20-22(43)39-11-29(25(45)46,12-50-23(20)39)13-51-27-34-36-37-38(27)4/h5-8,10,14,20,23H,9,11-13H2,1-4H3,(H,31,41)(H,33,42)(H,45,46)(H,30,32,40)/t20?,23-,29?/m1/s1. The molecule has 4 amide bonds. The Morgan fingerprint density at radius 3 is 2.69 bits per heavy atom. The molecule has 51 heavy (non-hydrogen) atoms. The zero-order valence-corrected chi connectivity index (χ0v) is 30.0. The van der Waals surface area contributed by atoms with Gasteiger partial charge in [-0.15, -0.1) is 28.2 Å². The van der Waals surface area contributed by atoms with Crippen LogP contribution >= 0.6 is 34.9 Å². The molecule has 0 aliphatic carbocycles. The number of anilines is 2. The number of thioether (sulfide) groups is 2. The zero-order valence-electron chi connectivity index (χ0n) is 27.5. The van der Waals surface area contributed by atoms with E-state index >= 15 is 0 Å². The highest BCUT2D eigenvalue weighted by atomic mass is 32.2. The van der Waals surface area contributed by atoms with Crippen molar-refractivity contribution in [2.45, 2.75) is 42.9 Å². The highest BCUT2D eigenvalue weighted by Gasteiger charge is 2.57. The summed E-state index contributed by atoms with van der Waals surface area (Å²) in [6, 6.07) is 5.20. The van der Waals surface area contributed by atoms with Crippen LogP contribution in [0.1, 0.15) is 36.8 Å². The van der Waals surface area contributed by atoms with Gasteiger partial charge in [0.25, 0.3) is 11.8 Å². The van der Waals surface area contributed by atoms with Gasteiger partial charge < -0.3 is 35.5 Å². The van der Waals surface area contributed by atoms with Crippen molar-refractivity contribution in [1.29, 1.82) is 0 Å². The maximum atomic E-state index is 13.5. The summed E-state index contributed by atoms with van der Waals surface area (Å²) in [6.45, 7) is 4.36. The highest BCUT2D eigenvalue weighted by molar-refractivity contribution is 8.00. The number of hydrogen-bond acceptors (Lipinski definition) is 16. The van der Waals surface area contributed by atoms with Gasteiger partial charge in [-0.1, -0.05) is 29.1 Å². The number of tetrazole rings is 1. The van der Waals surface area contributed by atoms with Crippen LogP contribution < -0.4 is 16.0 Å². The Bertz CT molecular complexity index is 1880. The third-order valence-corrected chi connectivity index (χ3v) is 10.9. The van der Waals surface area contributed by atoms with Crippen LogP contribution in [0, 0.1) is 5.41 Å². The lowest BCUT2D eigenvalue weighted by Gasteiger charge is -2.53. The summed E-state index contributed by atoms with van der Waals surface area (Å²) in [7, 11) is 1.63. The topological polar surface area (TPSA) is 249 Å². The van der Waals surface area contributed by atoms with Crippen molar-refractivity contribution < 1.29 is 43.4 Å². The number of aryl methyl sites for hydroxylation is 1. The first-order valence-electron chi connectivity index (χ1n) is 15.0. The number of rotatable bonds is 14. The van der Waals surface area contributed by atoms with Gasteiger partial charge in [0.15, 0.2) is 17.5 Å². The van der Waals surface area contributed by atoms with Crippen molar-refractivity contribution in [3.63, 3.8) is 0 Å². The van der Waals surface area contributed by atoms with Gasteiger partial charge in [0.05, 0.1) is 11.3 Å². The number of carbonyl (C=O) groups is 6. The van der Waals surface area contributed by atoms with E-state index in [2.05, 4.69) is 41.6 Å². The van der Waals surface area contributed by atoms with Crippen LogP contribution in [0.4, 0.5) is 10.8 Å². The molecule has 4 heterocycles. The summed E-state index contributed by atoms with van der Waals surface area (Å²) < 4.78 is 6.82. The van der Waals surface area contributed by atoms with Gasteiger partial charge in [0, 0.05) is 30.5 Å². The molecular formula is C29H32N10O9S3. The lowest BCUT2D eigenvalue weighted by Crippen LogP contribution is -2.74. The Morgan fingerprint density at radius 1 is 1.24 bits per heavy atom. The second-order valence-corrected chi connectivity index (χ2v) is 15.1. The fourth-order valence-corrected chi connectivity index (χ4v) is 8.18. The van der Waals surface area contributed by atoms with E-state index in [1.54, 1.807) is 40.0 Å². The number of aliphatic carboxylic acids is 1. The van der Waals surface area contributed by atoms with Crippen LogP contribution in [-0.4, -0.2) is 119 Å². The Morgan fingerprint density at radius 2 is 2.00 bits per heavy atom. The SMILES string of the molecule is Cn1nnnc1SCC1(C(=O)O)CS[C@@H]2C(NC(=O)C(=NOCC(=O)Nc3ccccc3C(=O)OC(C)(C)C)c3csc(NC=O)n3)C(=O)N2C1. The van der Waals surface area contributed by atoms with Gasteiger partial charge in [0.2, 0.25) is 17.5 Å². The highest BCUT2D eigenvalue weighted by Crippen LogP contribution is 2.44. The molecule has 2 aromatic heterocycles. The molecule has 19 nitrogen and oxygen atoms in total.